The van der Waals surface area contributed by atoms with Crippen molar-refractivity contribution in [3.8, 4) is 5.75 Å². The van der Waals surface area contributed by atoms with E-state index in [-0.39, 0.29) is 30.0 Å². The molecule has 1 aromatic heterocycles. The van der Waals surface area contributed by atoms with E-state index in [9.17, 15) is 19.1 Å². The van der Waals surface area contributed by atoms with Gasteiger partial charge >= 0.3 is 0 Å². The van der Waals surface area contributed by atoms with E-state index in [2.05, 4.69) is 15.3 Å². The highest BCUT2D eigenvalue weighted by atomic mass is 19.1. The number of hydrogen-bond donors (Lipinski definition) is 3. The Morgan fingerprint density at radius 1 is 1.21 bits per heavy atom. The van der Waals surface area contributed by atoms with Crippen LogP contribution in [0.4, 0.5) is 4.39 Å². The van der Waals surface area contributed by atoms with Crippen LogP contribution in [0.15, 0.2) is 59.4 Å². The van der Waals surface area contributed by atoms with Crippen LogP contribution in [0.5, 0.6) is 5.75 Å². The second-order valence-corrected chi connectivity index (χ2v) is 8.74. The molecule has 0 spiro atoms. The zero-order valence-corrected chi connectivity index (χ0v) is 19.0. The Labute approximate surface area is 196 Å². The molecule has 178 valence electrons. The van der Waals surface area contributed by atoms with Gasteiger partial charge in [0.1, 0.15) is 11.6 Å². The average molecular weight is 467 g/mol. The third-order valence-corrected chi connectivity index (χ3v) is 5.98. The largest absolute Gasteiger partial charge is 0.501 e. The molecule has 3 aromatic rings. The number of carbonyl (C=O) groups is 1. The molecule has 0 saturated carbocycles. The minimum atomic E-state index is -0.791. The lowest BCUT2D eigenvalue weighted by molar-refractivity contribution is 0.0492. The quantitative estimate of drug-likeness (QED) is 0.494. The number of aromatic nitrogens is 2. The van der Waals surface area contributed by atoms with Gasteiger partial charge in [-0.05, 0) is 36.6 Å². The first-order valence-electron chi connectivity index (χ1n) is 11.0. The van der Waals surface area contributed by atoms with Gasteiger partial charge in [-0.25, -0.2) is 9.37 Å². The minimum Gasteiger partial charge on any atom is -0.501 e. The Balaban J connectivity index is 1.50. The number of rotatable bonds is 7. The standard InChI is InChI=1S/C25H27FN4O4/c1-25(12-19(13-27-25)34-15-17-6-4-3-5-7-17)24-28-20(21(31)22(32)29-24)23(33)30(2)14-16-8-10-18(26)11-9-16/h3-11,19,27,31H,12-15H2,1-2H3,(H,28,29,32)/t19-,25+/m1/s1. The first kappa shape index (κ1) is 23.6. The van der Waals surface area contributed by atoms with Crippen LogP contribution >= 0.6 is 0 Å². The molecule has 2 atom stereocenters. The highest BCUT2D eigenvalue weighted by molar-refractivity contribution is 5.94. The molecule has 1 fully saturated rings. The fourth-order valence-electron chi connectivity index (χ4n) is 4.02. The summed E-state index contributed by atoms with van der Waals surface area (Å²) >= 11 is 0. The SMILES string of the molecule is CN(Cc1ccc(F)cc1)C(=O)c1nc([C@]2(C)C[C@@H](OCc3ccccc3)CN2)[nH]c(=O)c1O. The van der Waals surface area contributed by atoms with Gasteiger partial charge in [-0.2, -0.15) is 0 Å². The predicted octanol–water partition coefficient (Wildman–Crippen LogP) is 2.68. The summed E-state index contributed by atoms with van der Waals surface area (Å²) in [4.78, 5) is 33.7. The van der Waals surface area contributed by atoms with Crippen molar-refractivity contribution in [2.24, 2.45) is 0 Å². The molecular weight excluding hydrogens is 439 g/mol. The number of aromatic hydroxyl groups is 1. The molecule has 2 aromatic carbocycles. The fraction of sp³-hybridized carbons (Fsp3) is 0.320. The number of halogens is 1. The third-order valence-electron chi connectivity index (χ3n) is 5.98. The number of benzene rings is 2. The Morgan fingerprint density at radius 2 is 1.91 bits per heavy atom. The molecule has 0 aliphatic carbocycles. The van der Waals surface area contributed by atoms with E-state index in [4.69, 9.17) is 4.74 Å². The van der Waals surface area contributed by atoms with Gasteiger partial charge in [-0.1, -0.05) is 42.5 Å². The maximum absolute atomic E-state index is 13.2. The van der Waals surface area contributed by atoms with E-state index in [1.807, 2.05) is 37.3 Å². The van der Waals surface area contributed by atoms with Crippen LogP contribution in [0.1, 0.15) is 40.8 Å². The highest BCUT2D eigenvalue weighted by Crippen LogP contribution is 2.30. The van der Waals surface area contributed by atoms with Crippen molar-refractivity contribution in [1.29, 1.82) is 0 Å². The van der Waals surface area contributed by atoms with Crippen molar-refractivity contribution in [3.63, 3.8) is 0 Å². The molecule has 1 aliphatic rings. The molecular formula is C25H27FN4O4. The molecule has 1 amide bonds. The molecule has 9 heteroatoms. The zero-order chi connectivity index (χ0) is 24.3. The molecule has 1 aliphatic heterocycles. The Hall–Kier alpha value is -3.56. The normalized spacial score (nSPS) is 19.8. The summed E-state index contributed by atoms with van der Waals surface area (Å²) in [6.07, 6.45) is 0.400. The second kappa shape index (κ2) is 9.74. The van der Waals surface area contributed by atoms with Crippen molar-refractivity contribution >= 4 is 5.91 Å². The van der Waals surface area contributed by atoms with Crippen LogP contribution in [0.2, 0.25) is 0 Å². The monoisotopic (exact) mass is 466 g/mol. The van der Waals surface area contributed by atoms with Crippen molar-refractivity contribution in [2.75, 3.05) is 13.6 Å². The number of nitrogens with one attached hydrogen (secondary N) is 2. The molecule has 34 heavy (non-hydrogen) atoms. The first-order valence-corrected chi connectivity index (χ1v) is 11.0. The molecule has 0 radical (unpaired) electrons. The molecule has 0 bridgehead atoms. The van der Waals surface area contributed by atoms with Crippen LogP contribution in [0.3, 0.4) is 0 Å². The maximum Gasteiger partial charge on any atom is 0.293 e. The highest BCUT2D eigenvalue weighted by Gasteiger charge is 2.40. The lowest BCUT2D eigenvalue weighted by Crippen LogP contribution is -2.38. The van der Waals surface area contributed by atoms with Gasteiger partial charge in [0.25, 0.3) is 11.5 Å². The summed E-state index contributed by atoms with van der Waals surface area (Å²) < 4.78 is 19.2. The summed E-state index contributed by atoms with van der Waals surface area (Å²) in [6.45, 7) is 3.03. The van der Waals surface area contributed by atoms with E-state index >= 15 is 0 Å². The Morgan fingerprint density at radius 3 is 2.62 bits per heavy atom. The van der Waals surface area contributed by atoms with Crippen molar-refractivity contribution in [1.82, 2.24) is 20.2 Å². The van der Waals surface area contributed by atoms with Crippen LogP contribution < -0.4 is 10.9 Å². The fourth-order valence-corrected chi connectivity index (χ4v) is 4.02. The van der Waals surface area contributed by atoms with Gasteiger partial charge in [0.15, 0.2) is 5.69 Å². The number of carbonyl (C=O) groups excluding carboxylic acids is 1. The van der Waals surface area contributed by atoms with E-state index in [0.29, 0.717) is 25.1 Å². The van der Waals surface area contributed by atoms with E-state index in [0.717, 1.165) is 5.56 Å². The number of ether oxygens (including phenoxy) is 1. The number of aromatic amines is 1. The van der Waals surface area contributed by atoms with E-state index in [1.54, 1.807) is 12.1 Å². The molecule has 4 rings (SSSR count). The van der Waals surface area contributed by atoms with Gasteiger partial charge in [0.2, 0.25) is 5.75 Å². The van der Waals surface area contributed by atoms with Gasteiger partial charge in [-0.3, -0.25) is 9.59 Å². The predicted molar refractivity (Wildman–Crippen MR) is 124 cm³/mol. The van der Waals surface area contributed by atoms with Gasteiger partial charge in [0, 0.05) is 20.1 Å². The summed E-state index contributed by atoms with van der Waals surface area (Å²) in [5.41, 5.74) is -0.118. The van der Waals surface area contributed by atoms with Gasteiger partial charge < -0.3 is 25.0 Å². The van der Waals surface area contributed by atoms with E-state index < -0.39 is 22.8 Å². The lowest BCUT2D eigenvalue weighted by atomic mass is 9.98. The number of H-pyrrole nitrogens is 1. The van der Waals surface area contributed by atoms with Gasteiger partial charge in [-0.15, -0.1) is 0 Å². The lowest BCUT2D eigenvalue weighted by Gasteiger charge is -2.24. The molecule has 8 nitrogen and oxygen atoms in total. The zero-order valence-electron chi connectivity index (χ0n) is 19.0. The molecule has 1 saturated heterocycles. The second-order valence-electron chi connectivity index (χ2n) is 8.74. The van der Waals surface area contributed by atoms with Crippen LogP contribution in [-0.4, -0.2) is 45.6 Å². The van der Waals surface area contributed by atoms with Crippen molar-refractivity contribution in [3.05, 3.63) is 93.4 Å². The van der Waals surface area contributed by atoms with Crippen LogP contribution in [0, 0.1) is 5.82 Å². The number of hydrogen-bond acceptors (Lipinski definition) is 6. The van der Waals surface area contributed by atoms with Crippen LogP contribution in [0.25, 0.3) is 0 Å². The average Bonchev–Trinajstić information content (AvgIpc) is 3.23. The summed E-state index contributed by atoms with van der Waals surface area (Å²) in [7, 11) is 1.52. The minimum absolute atomic E-state index is 0.121. The first-order chi connectivity index (χ1) is 16.2. The summed E-state index contributed by atoms with van der Waals surface area (Å²) in [5, 5.41) is 13.6. The Bertz CT molecular complexity index is 1220. The van der Waals surface area contributed by atoms with E-state index in [1.165, 1.54) is 24.1 Å². The Kier molecular flexibility index (Phi) is 6.76. The summed E-state index contributed by atoms with van der Waals surface area (Å²) in [6, 6.07) is 15.6. The number of nitrogens with zero attached hydrogens (tertiary/aromatic N) is 2. The third kappa shape index (κ3) is 5.16. The van der Waals surface area contributed by atoms with Crippen molar-refractivity contribution in [2.45, 2.75) is 38.1 Å². The summed E-state index contributed by atoms with van der Waals surface area (Å²) in [5.74, 6) is -1.48. The van der Waals surface area contributed by atoms with Crippen LogP contribution in [-0.2, 0) is 23.4 Å². The molecule has 2 heterocycles. The molecule has 0 unspecified atom stereocenters. The smallest absolute Gasteiger partial charge is 0.293 e. The maximum atomic E-state index is 13.2. The topological polar surface area (TPSA) is 108 Å². The molecule has 3 N–H and O–H groups in total. The number of amides is 1. The van der Waals surface area contributed by atoms with Gasteiger partial charge in [0.05, 0.1) is 18.2 Å². The van der Waals surface area contributed by atoms with Crippen molar-refractivity contribution < 1.29 is 19.0 Å².